The summed E-state index contributed by atoms with van der Waals surface area (Å²) in [6, 6.07) is 6.54. The van der Waals surface area contributed by atoms with Crippen molar-refractivity contribution in [1.82, 2.24) is 19.8 Å². The number of benzene rings is 1. The number of hydrogen-bond acceptors (Lipinski definition) is 5. The minimum absolute atomic E-state index is 0.0770. The van der Waals surface area contributed by atoms with E-state index >= 15 is 0 Å². The molecule has 0 saturated carbocycles. The minimum atomic E-state index is -0.948. The Morgan fingerprint density at radius 3 is 2.71 bits per heavy atom. The van der Waals surface area contributed by atoms with E-state index in [0.717, 1.165) is 48.8 Å². The molecule has 166 valence electrons. The van der Waals surface area contributed by atoms with Gasteiger partial charge in [0, 0.05) is 37.2 Å². The highest BCUT2D eigenvalue weighted by atomic mass is 19.1. The third-order valence-electron chi connectivity index (χ3n) is 6.68. The second-order valence-electron chi connectivity index (χ2n) is 9.29. The number of nitrogens with zero attached hydrogens (tertiary/aromatic N) is 4. The SMILES string of the molecule is CNc1nc(C2CCCN(C)C2)nc2c1CCN(C(=O)C(C)(C)c1ccccc1F)C2. The van der Waals surface area contributed by atoms with Gasteiger partial charge in [0.2, 0.25) is 5.91 Å². The van der Waals surface area contributed by atoms with E-state index in [0.29, 0.717) is 31.0 Å². The van der Waals surface area contributed by atoms with Crippen LogP contribution in [-0.4, -0.2) is 59.4 Å². The zero-order chi connectivity index (χ0) is 22.2. The van der Waals surface area contributed by atoms with Gasteiger partial charge in [-0.3, -0.25) is 4.79 Å². The molecule has 6 nitrogen and oxygen atoms in total. The molecule has 1 N–H and O–H groups in total. The topological polar surface area (TPSA) is 61.4 Å². The van der Waals surface area contributed by atoms with Crippen molar-refractivity contribution in [3.63, 3.8) is 0 Å². The molecule has 1 atom stereocenters. The first-order valence-electron chi connectivity index (χ1n) is 11.1. The molecule has 1 fully saturated rings. The molecule has 1 saturated heterocycles. The van der Waals surface area contributed by atoms with E-state index < -0.39 is 5.41 Å². The third-order valence-corrected chi connectivity index (χ3v) is 6.68. The molecule has 2 aromatic rings. The number of rotatable bonds is 4. The zero-order valence-electron chi connectivity index (χ0n) is 18.9. The molecule has 2 aliphatic rings. The smallest absolute Gasteiger partial charge is 0.233 e. The van der Waals surface area contributed by atoms with Crippen LogP contribution in [-0.2, 0) is 23.2 Å². The van der Waals surface area contributed by atoms with Gasteiger partial charge in [-0.2, -0.15) is 0 Å². The van der Waals surface area contributed by atoms with Crippen LogP contribution in [0.2, 0.25) is 0 Å². The molecule has 0 aliphatic carbocycles. The maximum absolute atomic E-state index is 14.4. The lowest BCUT2D eigenvalue weighted by Crippen LogP contribution is -2.46. The fourth-order valence-electron chi connectivity index (χ4n) is 4.87. The number of hydrogen-bond donors (Lipinski definition) is 1. The second kappa shape index (κ2) is 8.54. The lowest BCUT2D eigenvalue weighted by Gasteiger charge is -2.36. The molecule has 3 heterocycles. The van der Waals surface area contributed by atoms with Crippen molar-refractivity contribution in [2.24, 2.45) is 0 Å². The number of fused-ring (bicyclic) bond motifs is 1. The van der Waals surface area contributed by atoms with E-state index in [4.69, 9.17) is 9.97 Å². The number of nitrogens with one attached hydrogen (secondary N) is 1. The monoisotopic (exact) mass is 425 g/mol. The molecule has 1 aromatic heterocycles. The number of aromatic nitrogens is 2. The van der Waals surface area contributed by atoms with Crippen molar-refractivity contribution < 1.29 is 9.18 Å². The third kappa shape index (κ3) is 4.15. The summed E-state index contributed by atoms with van der Waals surface area (Å²) in [4.78, 5) is 27.4. The van der Waals surface area contributed by atoms with E-state index in [2.05, 4.69) is 17.3 Å². The Bertz CT molecular complexity index is 976. The quantitative estimate of drug-likeness (QED) is 0.814. The van der Waals surface area contributed by atoms with Gasteiger partial charge in [0.15, 0.2) is 0 Å². The van der Waals surface area contributed by atoms with Gasteiger partial charge in [-0.05, 0) is 52.8 Å². The molecule has 31 heavy (non-hydrogen) atoms. The molecule has 0 spiro atoms. The van der Waals surface area contributed by atoms with Gasteiger partial charge in [-0.1, -0.05) is 18.2 Å². The summed E-state index contributed by atoms with van der Waals surface area (Å²) in [7, 11) is 4.02. The molecular weight excluding hydrogens is 393 g/mol. The highest BCUT2D eigenvalue weighted by Gasteiger charge is 2.38. The molecule has 1 amide bonds. The summed E-state index contributed by atoms with van der Waals surface area (Å²) in [5.41, 5.74) is 1.47. The van der Waals surface area contributed by atoms with Crippen LogP contribution in [0.3, 0.4) is 0 Å². The average Bonchev–Trinajstić information content (AvgIpc) is 2.77. The van der Waals surface area contributed by atoms with Crippen molar-refractivity contribution in [1.29, 1.82) is 0 Å². The summed E-state index contributed by atoms with van der Waals surface area (Å²) in [6.45, 7) is 6.65. The van der Waals surface area contributed by atoms with Crippen LogP contribution in [0.4, 0.5) is 10.2 Å². The van der Waals surface area contributed by atoms with Crippen LogP contribution in [0.25, 0.3) is 0 Å². The molecule has 7 heteroatoms. The number of piperidine rings is 1. The lowest BCUT2D eigenvalue weighted by molar-refractivity contribution is -0.137. The van der Waals surface area contributed by atoms with E-state index in [9.17, 15) is 9.18 Å². The predicted molar refractivity (Wildman–Crippen MR) is 120 cm³/mol. The van der Waals surface area contributed by atoms with Crippen LogP contribution < -0.4 is 5.32 Å². The summed E-state index contributed by atoms with van der Waals surface area (Å²) in [6.07, 6.45) is 2.91. The first kappa shape index (κ1) is 21.7. The van der Waals surface area contributed by atoms with Gasteiger partial charge in [0.05, 0.1) is 17.7 Å². The van der Waals surface area contributed by atoms with E-state index in [1.54, 1.807) is 32.0 Å². The van der Waals surface area contributed by atoms with E-state index in [-0.39, 0.29) is 11.7 Å². The fraction of sp³-hybridized carbons (Fsp3) is 0.542. The van der Waals surface area contributed by atoms with Crippen molar-refractivity contribution in [3.8, 4) is 0 Å². The standard InChI is InChI=1S/C24H32FN5O/c1-24(2,18-9-5-6-10-19(18)25)23(31)30-13-11-17-20(15-30)27-21(28-22(17)26-3)16-8-7-12-29(4)14-16/h5-6,9-10,16H,7-8,11-15H2,1-4H3,(H,26,27,28). The normalized spacial score (nSPS) is 19.8. The minimum Gasteiger partial charge on any atom is -0.373 e. The van der Waals surface area contributed by atoms with Gasteiger partial charge in [-0.15, -0.1) is 0 Å². The van der Waals surface area contributed by atoms with E-state index in [1.807, 2.05) is 11.9 Å². The Kier molecular flexibility index (Phi) is 5.97. The molecule has 1 aromatic carbocycles. The Balaban J connectivity index is 1.62. The van der Waals surface area contributed by atoms with Crippen LogP contribution in [0.1, 0.15) is 55.3 Å². The van der Waals surface area contributed by atoms with Crippen molar-refractivity contribution in [3.05, 3.63) is 52.7 Å². The highest BCUT2D eigenvalue weighted by molar-refractivity contribution is 5.87. The van der Waals surface area contributed by atoms with Gasteiger partial charge >= 0.3 is 0 Å². The molecule has 1 unspecified atom stereocenters. The molecular formula is C24H32FN5O. The van der Waals surface area contributed by atoms with Crippen LogP contribution in [0.5, 0.6) is 0 Å². The Morgan fingerprint density at radius 1 is 1.23 bits per heavy atom. The summed E-state index contributed by atoms with van der Waals surface area (Å²) in [5, 5.41) is 3.24. The van der Waals surface area contributed by atoms with Crippen molar-refractivity contribution in [2.45, 2.75) is 51.0 Å². The van der Waals surface area contributed by atoms with Crippen LogP contribution in [0, 0.1) is 5.82 Å². The largest absolute Gasteiger partial charge is 0.373 e. The van der Waals surface area contributed by atoms with Crippen LogP contribution in [0.15, 0.2) is 24.3 Å². The Morgan fingerprint density at radius 2 is 2.00 bits per heavy atom. The van der Waals surface area contributed by atoms with Crippen molar-refractivity contribution in [2.75, 3.05) is 39.0 Å². The maximum Gasteiger partial charge on any atom is 0.233 e. The molecule has 0 radical (unpaired) electrons. The number of halogens is 1. The molecule has 4 rings (SSSR count). The van der Waals surface area contributed by atoms with Gasteiger partial charge in [0.25, 0.3) is 0 Å². The fourth-order valence-corrected chi connectivity index (χ4v) is 4.87. The molecule has 2 aliphatic heterocycles. The first-order valence-corrected chi connectivity index (χ1v) is 11.1. The second-order valence-corrected chi connectivity index (χ2v) is 9.29. The number of carbonyl (C=O) groups excluding carboxylic acids is 1. The summed E-state index contributed by atoms with van der Waals surface area (Å²) >= 11 is 0. The number of amides is 1. The zero-order valence-corrected chi connectivity index (χ0v) is 18.9. The number of carbonyl (C=O) groups is 1. The van der Waals surface area contributed by atoms with Crippen molar-refractivity contribution >= 4 is 11.7 Å². The number of likely N-dealkylation sites (N-methyl/N-ethyl adjacent to an activating group) is 1. The van der Waals surface area contributed by atoms with E-state index in [1.165, 1.54) is 6.07 Å². The maximum atomic E-state index is 14.4. The highest BCUT2D eigenvalue weighted by Crippen LogP contribution is 2.33. The summed E-state index contributed by atoms with van der Waals surface area (Å²) in [5.74, 6) is 1.61. The Hall–Kier alpha value is -2.54. The number of likely N-dealkylation sites (tertiary alicyclic amines) is 1. The van der Waals surface area contributed by atoms with Gasteiger partial charge in [-0.25, -0.2) is 14.4 Å². The van der Waals surface area contributed by atoms with Gasteiger partial charge in [0.1, 0.15) is 17.5 Å². The van der Waals surface area contributed by atoms with Gasteiger partial charge < -0.3 is 15.1 Å². The predicted octanol–water partition coefficient (Wildman–Crippen LogP) is 3.33. The average molecular weight is 426 g/mol. The Labute approximate surface area is 183 Å². The first-order chi connectivity index (χ1) is 14.8. The van der Waals surface area contributed by atoms with Crippen LogP contribution >= 0.6 is 0 Å². The molecule has 0 bridgehead atoms. The number of anilines is 1. The summed E-state index contributed by atoms with van der Waals surface area (Å²) < 4.78 is 14.4. The lowest BCUT2D eigenvalue weighted by atomic mass is 9.82.